The largest absolute Gasteiger partial charge is 0.487 e. The smallest absolute Gasteiger partial charge is 0.283 e. The van der Waals surface area contributed by atoms with Crippen LogP contribution in [0.5, 0.6) is 5.75 Å². The Bertz CT molecular complexity index is 1400. The second kappa shape index (κ2) is 8.79. The average molecular weight is 470 g/mol. The van der Waals surface area contributed by atoms with Gasteiger partial charge in [-0.3, -0.25) is 10.2 Å². The van der Waals surface area contributed by atoms with Crippen molar-refractivity contribution in [2.24, 2.45) is 10.1 Å². The zero-order chi connectivity index (χ0) is 23.8. The van der Waals surface area contributed by atoms with E-state index in [4.69, 9.17) is 10.1 Å². The Morgan fingerprint density at radius 1 is 1.06 bits per heavy atom. The van der Waals surface area contributed by atoms with Crippen molar-refractivity contribution in [2.75, 3.05) is 6.61 Å². The fourth-order valence-corrected chi connectivity index (χ4v) is 4.80. The summed E-state index contributed by atoms with van der Waals surface area (Å²) in [5, 5.41) is 15.6. The molecular weight excluding hydrogens is 446 g/mol. The zero-order valence-corrected chi connectivity index (χ0v) is 19.9. The molecule has 8 heteroatoms. The van der Waals surface area contributed by atoms with Gasteiger partial charge in [-0.15, -0.1) is 0 Å². The number of fused-ring (bicyclic) bond motifs is 1. The Kier molecular flexibility index (Phi) is 5.67. The van der Waals surface area contributed by atoms with Crippen LogP contribution in [0.2, 0.25) is 0 Å². The van der Waals surface area contributed by atoms with E-state index in [2.05, 4.69) is 14.7 Å². The molecule has 0 radical (unpaired) electrons. The van der Waals surface area contributed by atoms with Crippen LogP contribution in [-0.4, -0.2) is 38.1 Å². The standard InChI is InChI=1S/C26H23N5O2S/c1-16-8-7-11-21(12-16)33-15-23-29-31-24(27)22(25(32)28-26(31)34-23)14-19-13-17(2)30(18(19)3)20-9-5-4-6-10-20/h4-14,27H,15H2,1-3H3/b22-14-,27-24?. The highest BCUT2D eigenvalue weighted by atomic mass is 32.2. The Labute approximate surface area is 202 Å². The van der Waals surface area contributed by atoms with Gasteiger partial charge in [-0.25, -0.2) is 0 Å². The molecule has 7 nitrogen and oxygen atoms in total. The van der Waals surface area contributed by atoms with E-state index in [0.717, 1.165) is 34.0 Å². The minimum Gasteiger partial charge on any atom is -0.487 e. The molecule has 0 bridgehead atoms. The molecule has 0 fully saturated rings. The molecule has 34 heavy (non-hydrogen) atoms. The normalized spacial score (nSPS) is 16.6. The lowest BCUT2D eigenvalue weighted by molar-refractivity contribution is -0.114. The van der Waals surface area contributed by atoms with Crippen LogP contribution in [0.15, 0.2) is 76.3 Å². The number of aliphatic imine (C=N–C) groups is 1. The van der Waals surface area contributed by atoms with Crippen LogP contribution in [-0.2, 0) is 4.79 Å². The highest BCUT2D eigenvalue weighted by Crippen LogP contribution is 2.30. The molecular formula is C26H23N5O2S. The van der Waals surface area contributed by atoms with Crippen molar-refractivity contribution in [3.05, 3.63) is 88.8 Å². The number of rotatable bonds is 5. The summed E-state index contributed by atoms with van der Waals surface area (Å²) in [7, 11) is 0. The number of hydrazone groups is 1. The second-order valence-corrected chi connectivity index (χ2v) is 9.16. The Hall–Kier alpha value is -3.91. The van der Waals surface area contributed by atoms with Gasteiger partial charge in [-0.05, 0) is 80.1 Å². The average Bonchev–Trinajstić information content (AvgIpc) is 3.35. The Morgan fingerprint density at radius 3 is 2.62 bits per heavy atom. The number of amides is 1. The van der Waals surface area contributed by atoms with Crippen LogP contribution in [0, 0.1) is 26.2 Å². The molecule has 1 amide bonds. The van der Waals surface area contributed by atoms with E-state index < -0.39 is 5.91 Å². The van der Waals surface area contributed by atoms with Crippen molar-refractivity contribution < 1.29 is 9.53 Å². The molecule has 2 aliphatic heterocycles. The fraction of sp³-hybridized carbons (Fsp3) is 0.154. The number of benzene rings is 2. The first-order valence-electron chi connectivity index (χ1n) is 10.8. The lowest BCUT2D eigenvalue weighted by atomic mass is 10.1. The number of carbonyl (C=O) groups excluding carboxylic acids is 1. The minimum atomic E-state index is -0.440. The van der Waals surface area contributed by atoms with Gasteiger partial charge in [-0.2, -0.15) is 15.1 Å². The quantitative estimate of drug-likeness (QED) is 0.527. The summed E-state index contributed by atoms with van der Waals surface area (Å²) in [5.74, 6) is 0.317. The number of nitrogens with one attached hydrogen (secondary N) is 1. The number of nitrogens with zero attached hydrogens (tertiary/aromatic N) is 4. The summed E-state index contributed by atoms with van der Waals surface area (Å²) in [4.78, 5) is 17.0. The molecule has 0 atom stereocenters. The monoisotopic (exact) mass is 469 g/mol. The first kappa shape index (κ1) is 21.9. The first-order chi connectivity index (χ1) is 16.4. The van der Waals surface area contributed by atoms with Crippen LogP contribution in [0.1, 0.15) is 22.5 Å². The van der Waals surface area contributed by atoms with Crippen molar-refractivity contribution in [3.8, 4) is 11.4 Å². The Morgan fingerprint density at radius 2 is 1.85 bits per heavy atom. The lowest BCUT2D eigenvalue weighted by Gasteiger charge is -2.20. The van der Waals surface area contributed by atoms with Gasteiger partial charge in [0.15, 0.2) is 5.84 Å². The van der Waals surface area contributed by atoms with Gasteiger partial charge >= 0.3 is 0 Å². The number of para-hydroxylation sites is 1. The van der Waals surface area contributed by atoms with Gasteiger partial charge in [0, 0.05) is 17.1 Å². The molecule has 0 saturated heterocycles. The third-order valence-corrected chi connectivity index (χ3v) is 6.51. The molecule has 170 valence electrons. The van der Waals surface area contributed by atoms with Crippen molar-refractivity contribution in [2.45, 2.75) is 20.8 Å². The number of ether oxygens (including phenoxy) is 1. The molecule has 1 aromatic heterocycles. The van der Waals surface area contributed by atoms with Gasteiger partial charge in [0.25, 0.3) is 5.91 Å². The van der Waals surface area contributed by atoms with Gasteiger partial charge < -0.3 is 9.30 Å². The first-order valence-corrected chi connectivity index (χ1v) is 11.7. The van der Waals surface area contributed by atoms with Crippen LogP contribution >= 0.6 is 11.8 Å². The zero-order valence-electron chi connectivity index (χ0n) is 19.1. The summed E-state index contributed by atoms with van der Waals surface area (Å²) >= 11 is 1.25. The SMILES string of the molecule is Cc1cccc(OCC2=NN3C(=N)/C(=C/c4cc(C)n(-c5ccccc5)c4C)C(=O)N=C3S2)c1. The number of hydrogen-bond donors (Lipinski definition) is 1. The maximum atomic E-state index is 12.8. The molecule has 2 aliphatic rings. The summed E-state index contributed by atoms with van der Waals surface area (Å²) in [6.45, 7) is 6.26. The Balaban J connectivity index is 1.40. The van der Waals surface area contributed by atoms with Crippen LogP contribution in [0.3, 0.4) is 0 Å². The van der Waals surface area contributed by atoms with E-state index >= 15 is 0 Å². The van der Waals surface area contributed by atoms with Crippen molar-refractivity contribution >= 4 is 39.8 Å². The third-order valence-electron chi connectivity index (χ3n) is 5.63. The number of carbonyl (C=O) groups is 1. The molecule has 3 heterocycles. The number of amidine groups is 2. The molecule has 5 rings (SSSR count). The molecule has 0 saturated carbocycles. The molecule has 0 spiro atoms. The van der Waals surface area contributed by atoms with Gasteiger partial charge in [-0.1, -0.05) is 30.3 Å². The number of thioether (sulfide) groups is 1. The summed E-state index contributed by atoms with van der Waals surface area (Å²) < 4.78 is 7.96. The van der Waals surface area contributed by atoms with E-state index in [0.29, 0.717) is 10.2 Å². The highest BCUT2D eigenvalue weighted by Gasteiger charge is 2.36. The number of hydrogen-bond acceptors (Lipinski definition) is 5. The van der Waals surface area contributed by atoms with Crippen molar-refractivity contribution in [1.29, 1.82) is 5.41 Å². The van der Waals surface area contributed by atoms with Gasteiger partial charge in [0.1, 0.15) is 17.4 Å². The van der Waals surface area contributed by atoms with Gasteiger partial charge in [0.2, 0.25) is 5.17 Å². The number of aryl methyl sites for hydroxylation is 2. The van der Waals surface area contributed by atoms with Crippen molar-refractivity contribution in [1.82, 2.24) is 9.58 Å². The molecule has 0 aliphatic carbocycles. The minimum absolute atomic E-state index is 0.0116. The topological polar surface area (TPSA) is 83.0 Å². The summed E-state index contributed by atoms with van der Waals surface area (Å²) in [6, 6.07) is 19.8. The highest BCUT2D eigenvalue weighted by molar-refractivity contribution is 8.27. The maximum Gasteiger partial charge on any atom is 0.283 e. The summed E-state index contributed by atoms with van der Waals surface area (Å²) in [5.41, 5.74) is 5.26. The molecule has 2 aromatic carbocycles. The predicted molar refractivity (Wildman–Crippen MR) is 137 cm³/mol. The van der Waals surface area contributed by atoms with Crippen LogP contribution < -0.4 is 4.74 Å². The molecule has 1 N–H and O–H groups in total. The number of aromatic nitrogens is 1. The third kappa shape index (κ3) is 4.08. The molecule has 0 unspecified atom stereocenters. The van der Waals surface area contributed by atoms with E-state index in [9.17, 15) is 4.79 Å². The fourth-order valence-electron chi connectivity index (χ4n) is 4.00. The molecule has 3 aromatic rings. The van der Waals surface area contributed by atoms with E-state index in [1.807, 2.05) is 81.4 Å². The second-order valence-electron chi connectivity index (χ2n) is 8.12. The van der Waals surface area contributed by atoms with E-state index in [1.165, 1.54) is 16.8 Å². The lowest BCUT2D eigenvalue weighted by Crippen LogP contribution is -2.35. The van der Waals surface area contributed by atoms with Crippen LogP contribution in [0.25, 0.3) is 11.8 Å². The van der Waals surface area contributed by atoms with E-state index in [1.54, 1.807) is 6.08 Å². The summed E-state index contributed by atoms with van der Waals surface area (Å²) in [6.07, 6.45) is 1.73. The van der Waals surface area contributed by atoms with E-state index in [-0.39, 0.29) is 18.0 Å². The van der Waals surface area contributed by atoms with Gasteiger partial charge in [0.05, 0.1) is 5.57 Å². The predicted octanol–water partition coefficient (Wildman–Crippen LogP) is 5.10. The maximum absolute atomic E-state index is 12.8. The van der Waals surface area contributed by atoms with Crippen molar-refractivity contribution in [3.63, 3.8) is 0 Å². The van der Waals surface area contributed by atoms with Crippen LogP contribution in [0.4, 0.5) is 0 Å².